The molecule has 4 rings (SSSR count). The Bertz CT molecular complexity index is 1130. The summed E-state index contributed by atoms with van der Waals surface area (Å²) in [6.45, 7) is 0. The van der Waals surface area contributed by atoms with Crippen molar-refractivity contribution in [2.75, 3.05) is 0 Å². The molecule has 4 aromatic rings. The summed E-state index contributed by atoms with van der Waals surface area (Å²) in [7, 11) is 0. The van der Waals surface area contributed by atoms with Gasteiger partial charge in [0.25, 0.3) is 0 Å². The summed E-state index contributed by atoms with van der Waals surface area (Å²) in [5, 5.41) is 6.85. The molecule has 0 fully saturated rings. The Morgan fingerprint density at radius 2 is 1.89 bits per heavy atom. The largest absolute Gasteiger partial charge is 0.416 e. The van der Waals surface area contributed by atoms with Crippen LogP contribution < -0.4 is 0 Å². The van der Waals surface area contributed by atoms with Crippen LogP contribution >= 0.6 is 23.2 Å². The first-order valence-electron chi connectivity index (χ1n) is 7.59. The standard InChI is InChI=1S/C16H9Cl2F3N6/c17-12-11-14(26-15(18)24-12)25-13(23-11)9-6-22-27-10(9)5-7-2-1-3-8(4-7)16(19,20)21/h1-4,6H,5H2,(H,22,27)(H,23,24,25,26). The second-order valence-electron chi connectivity index (χ2n) is 5.70. The number of nitrogens with one attached hydrogen (secondary N) is 2. The molecule has 2 N–H and O–H groups in total. The molecule has 0 bridgehead atoms. The van der Waals surface area contributed by atoms with E-state index < -0.39 is 11.7 Å². The zero-order chi connectivity index (χ0) is 19.2. The van der Waals surface area contributed by atoms with Crippen molar-refractivity contribution in [3.05, 3.63) is 57.7 Å². The molecule has 6 nitrogen and oxygen atoms in total. The molecular formula is C16H9Cl2F3N6. The summed E-state index contributed by atoms with van der Waals surface area (Å²) in [5.74, 6) is 0.402. The first-order chi connectivity index (χ1) is 12.8. The summed E-state index contributed by atoms with van der Waals surface area (Å²) in [6.07, 6.45) is -2.68. The number of alkyl halides is 3. The summed E-state index contributed by atoms with van der Waals surface area (Å²) >= 11 is 11.8. The third kappa shape index (κ3) is 3.47. The smallest absolute Gasteiger partial charge is 0.334 e. The molecule has 11 heteroatoms. The molecular weight excluding hydrogens is 404 g/mol. The van der Waals surface area contributed by atoms with E-state index >= 15 is 0 Å². The lowest BCUT2D eigenvalue weighted by Gasteiger charge is -2.08. The molecule has 0 atom stereocenters. The van der Waals surface area contributed by atoms with Crippen LogP contribution in [0.3, 0.4) is 0 Å². The van der Waals surface area contributed by atoms with E-state index in [9.17, 15) is 13.2 Å². The van der Waals surface area contributed by atoms with E-state index in [0.29, 0.717) is 28.2 Å². The van der Waals surface area contributed by atoms with Gasteiger partial charge in [0.2, 0.25) is 5.28 Å². The summed E-state index contributed by atoms with van der Waals surface area (Å²) in [4.78, 5) is 15.1. The van der Waals surface area contributed by atoms with Crippen molar-refractivity contribution >= 4 is 34.4 Å². The lowest BCUT2D eigenvalue weighted by Crippen LogP contribution is -2.05. The Balaban J connectivity index is 1.71. The molecule has 27 heavy (non-hydrogen) atoms. The highest BCUT2D eigenvalue weighted by Gasteiger charge is 2.30. The first kappa shape index (κ1) is 17.7. The Labute approximate surface area is 159 Å². The van der Waals surface area contributed by atoms with E-state index in [1.54, 1.807) is 6.07 Å². The number of fused-ring (bicyclic) bond motifs is 1. The van der Waals surface area contributed by atoms with Crippen molar-refractivity contribution in [1.82, 2.24) is 30.1 Å². The van der Waals surface area contributed by atoms with Gasteiger partial charge in [0.05, 0.1) is 23.0 Å². The van der Waals surface area contributed by atoms with Crippen LogP contribution in [0.4, 0.5) is 13.2 Å². The molecule has 1 aromatic carbocycles. The fraction of sp³-hybridized carbons (Fsp3) is 0.125. The molecule has 0 radical (unpaired) electrons. The molecule has 0 aliphatic heterocycles. The number of aromatic nitrogens is 6. The number of hydrogen-bond donors (Lipinski definition) is 2. The Kier molecular flexibility index (Phi) is 4.27. The molecule has 3 heterocycles. The van der Waals surface area contributed by atoms with Crippen molar-refractivity contribution in [1.29, 1.82) is 0 Å². The number of rotatable bonds is 3. The zero-order valence-electron chi connectivity index (χ0n) is 13.3. The zero-order valence-corrected chi connectivity index (χ0v) is 14.8. The van der Waals surface area contributed by atoms with Crippen LogP contribution in [-0.4, -0.2) is 30.1 Å². The third-order valence-electron chi connectivity index (χ3n) is 3.89. The van der Waals surface area contributed by atoms with E-state index in [1.165, 1.54) is 12.3 Å². The van der Waals surface area contributed by atoms with E-state index in [1.807, 2.05) is 0 Å². The van der Waals surface area contributed by atoms with Gasteiger partial charge in [0.1, 0.15) is 11.3 Å². The molecule has 0 aliphatic rings. The number of nitrogens with zero attached hydrogens (tertiary/aromatic N) is 4. The quantitative estimate of drug-likeness (QED) is 0.378. The van der Waals surface area contributed by atoms with Crippen LogP contribution in [0.5, 0.6) is 0 Å². The maximum Gasteiger partial charge on any atom is 0.416 e. The van der Waals surface area contributed by atoms with Crippen molar-refractivity contribution in [2.24, 2.45) is 0 Å². The van der Waals surface area contributed by atoms with E-state index in [-0.39, 0.29) is 22.5 Å². The van der Waals surface area contributed by atoms with Gasteiger partial charge in [-0.2, -0.15) is 23.3 Å². The average Bonchev–Trinajstić information content (AvgIpc) is 3.21. The molecule has 3 aromatic heterocycles. The van der Waals surface area contributed by atoms with E-state index in [4.69, 9.17) is 23.2 Å². The Hall–Kier alpha value is -2.65. The average molecular weight is 413 g/mol. The van der Waals surface area contributed by atoms with Gasteiger partial charge < -0.3 is 4.98 Å². The van der Waals surface area contributed by atoms with Crippen molar-refractivity contribution < 1.29 is 13.2 Å². The van der Waals surface area contributed by atoms with Crippen LogP contribution in [0.2, 0.25) is 10.4 Å². The predicted octanol–water partition coefficient (Wildman–Crippen LogP) is 4.66. The van der Waals surface area contributed by atoms with Gasteiger partial charge in [0.15, 0.2) is 10.8 Å². The lowest BCUT2D eigenvalue weighted by molar-refractivity contribution is -0.137. The predicted molar refractivity (Wildman–Crippen MR) is 93.5 cm³/mol. The van der Waals surface area contributed by atoms with Gasteiger partial charge in [-0.3, -0.25) is 5.10 Å². The lowest BCUT2D eigenvalue weighted by atomic mass is 10.0. The molecule has 0 aliphatic carbocycles. The molecule has 0 saturated heterocycles. The van der Waals surface area contributed by atoms with Crippen LogP contribution in [0, 0.1) is 0 Å². The summed E-state index contributed by atoms with van der Waals surface area (Å²) in [6, 6.07) is 5.11. The highest BCUT2D eigenvalue weighted by Crippen LogP contribution is 2.31. The van der Waals surface area contributed by atoms with Gasteiger partial charge in [0, 0.05) is 6.42 Å². The van der Waals surface area contributed by atoms with Gasteiger partial charge in [-0.05, 0) is 23.2 Å². The highest BCUT2D eigenvalue weighted by molar-refractivity contribution is 6.35. The topological polar surface area (TPSA) is 83.1 Å². The maximum absolute atomic E-state index is 12.9. The SMILES string of the molecule is FC(F)(F)c1cccc(Cc2[nH]ncc2-c2nc3nc(Cl)nc(Cl)c3[nH]2)c1. The van der Waals surface area contributed by atoms with E-state index in [0.717, 1.165) is 12.1 Å². The normalized spacial score (nSPS) is 12.0. The first-order valence-corrected chi connectivity index (χ1v) is 8.34. The van der Waals surface area contributed by atoms with Crippen molar-refractivity contribution in [3.8, 4) is 11.4 Å². The van der Waals surface area contributed by atoms with Gasteiger partial charge in [-0.25, -0.2) is 9.97 Å². The van der Waals surface area contributed by atoms with Gasteiger partial charge >= 0.3 is 6.18 Å². The molecule has 0 amide bonds. The minimum absolute atomic E-state index is 0.0399. The van der Waals surface area contributed by atoms with Crippen LogP contribution in [0.15, 0.2) is 30.5 Å². The van der Waals surface area contributed by atoms with E-state index in [2.05, 4.69) is 30.1 Å². The van der Waals surface area contributed by atoms with Gasteiger partial charge in [-0.1, -0.05) is 29.8 Å². The number of imidazole rings is 1. The number of aromatic amines is 2. The highest BCUT2D eigenvalue weighted by atomic mass is 35.5. The van der Waals surface area contributed by atoms with Crippen LogP contribution in [0.1, 0.15) is 16.8 Å². The van der Waals surface area contributed by atoms with Gasteiger partial charge in [-0.15, -0.1) is 0 Å². The molecule has 0 spiro atoms. The maximum atomic E-state index is 12.9. The van der Waals surface area contributed by atoms with Crippen LogP contribution in [-0.2, 0) is 12.6 Å². The van der Waals surface area contributed by atoms with Crippen molar-refractivity contribution in [2.45, 2.75) is 12.6 Å². The fourth-order valence-corrected chi connectivity index (χ4v) is 3.10. The Morgan fingerprint density at radius 3 is 2.67 bits per heavy atom. The minimum atomic E-state index is -4.40. The molecule has 0 saturated carbocycles. The number of hydrogen-bond acceptors (Lipinski definition) is 4. The van der Waals surface area contributed by atoms with Crippen molar-refractivity contribution in [3.63, 3.8) is 0 Å². The Morgan fingerprint density at radius 1 is 1.07 bits per heavy atom. The number of H-pyrrole nitrogens is 2. The monoisotopic (exact) mass is 412 g/mol. The second-order valence-corrected chi connectivity index (χ2v) is 6.40. The minimum Gasteiger partial charge on any atom is -0.334 e. The number of halogens is 5. The summed E-state index contributed by atoms with van der Waals surface area (Å²) in [5.41, 5.74) is 1.62. The summed E-state index contributed by atoms with van der Waals surface area (Å²) < 4.78 is 38.7. The fourth-order valence-electron chi connectivity index (χ4n) is 2.68. The molecule has 138 valence electrons. The van der Waals surface area contributed by atoms with Crippen LogP contribution in [0.25, 0.3) is 22.6 Å². The third-order valence-corrected chi connectivity index (χ3v) is 4.33. The molecule has 0 unspecified atom stereocenters. The second kappa shape index (κ2) is 6.50. The number of benzene rings is 1.